The molecule has 1 aliphatic rings. The number of rotatable bonds is 4. The van der Waals surface area contributed by atoms with Crippen molar-refractivity contribution in [1.82, 2.24) is 19.9 Å². The molecule has 0 unspecified atom stereocenters. The molecule has 1 saturated heterocycles. The summed E-state index contributed by atoms with van der Waals surface area (Å²) in [6, 6.07) is 8.59. The highest BCUT2D eigenvalue weighted by Crippen LogP contribution is 2.35. The summed E-state index contributed by atoms with van der Waals surface area (Å²) in [6.45, 7) is 6.89. The maximum absolute atomic E-state index is 12.4. The molecule has 2 aromatic heterocycles. The molecule has 0 radical (unpaired) electrons. The number of carbonyl (C=O) groups excluding carboxylic acids is 1. The van der Waals surface area contributed by atoms with Crippen LogP contribution in [0.25, 0.3) is 16.8 Å². The monoisotopic (exact) mass is 500 g/mol. The third kappa shape index (κ3) is 5.67. The fourth-order valence-corrected chi connectivity index (χ4v) is 4.95. The van der Waals surface area contributed by atoms with Crippen LogP contribution in [0.3, 0.4) is 0 Å². The maximum Gasteiger partial charge on any atom is 0.407 e. The minimum atomic E-state index is -3.30. The molecular weight excluding hydrogens is 468 g/mol. The van der Waals surface area contributed by atoms with Crippen LogP contribution in [0.1, 0.15) is 40.0 Å². The summed E-state index contributed by atoms with van der Waals surface area (Å²) in [7, 11) is -3.30. The van der Waals surface area contributed by atoms with Crippen molar-refractivity contribution in [3.8, 4) is 11.3 Å². The largest absolute Gasteiger partial charge is 0.444 e. The van der Waals surface area contributed by atoms with Crippen LogP contribution < -0.4 is 16.0 Å². The topological polar surface area (TPSA) is 132 Å². The van der Waals surface area contributed by atoms with Crippen molar-refractivity contribution in [1.29, 1.82) is 0 Å². The number of carbonyl (C=O) groups is 1. The van der Waals surface area contributed by atoms with Crippen LogP contribution in [-0.2, 0) is 14.6 Å². The van der Waals surface area contributed by atoms with E-state index in [1.165, 1.54) is 12.6 Å². The van der Waals surface area contributed by atoms with Gasteiger partial charge >= 0.3 is 6.09 Å². The molecule has 188 valence electrons. The van der Waals surface area contributed by atoms with Crippen LogP contribution in [-0.4, -0.2) is 60.1 Å². The van der Waals surface area contributed by atoms with E-state index < -0.39 is 21.5 Å². The lowest BCUT2D eigenvalue weighted by Crippen LogP contribution is -2.44. The Balaban J connectivity index is 1.69. The quantitative estimate of drug-likeness (QED) is 0.558. The Morgan fingerprint density at radius 2 is 1.91 bits per heavy atom. The summed E-state index contributed by atoms with van der Waals surface area (Å²) in [6.07, 6.45) is 4.91. The van der Waals surface area contributed by atoms with Gasteiger partial charge in [-0.05, 0) is 58.2 Å². The van der Waals surface area contributed by atoms with E-state index in [4.69, 9.17) is 10.5 Å². The molecule has 10 nitrogen and oxygen atoms in total. The fraction of sp³-hybridized carbons (Fsp3) is 0.458. The maximum atomic E-state index is 12.4. The molecule has 1 fully saturated rings. The molecule has 0 aliphatic carbocycles. The highest BCUT2D eigenvalue weighted by atomic mass is 32.2. The number of ether oxygens (including phenoxy) is 1. The molecule has 3 aromatic rings. The van der Waals surface area contributed by atoms with Gasteiger partial charge in [-0.3, -0.25) is 0 Å². The number of benzene rings is 1. The number of hydrogen-bond donors (Lipinski definition) is 2. The lowest BCUT2D eigenvalue weighted by atomic mass is 10.1. The van der Waals surface area contributed by atoms with Crippen LogP contribution in [0.2, 0.25) is 0 Å². The summed E-state index contributed by atoms with van der Waals surface area (Å²) in [5.41, 5.74) is 8.83. The molecule has 35 heavy (non-hydrogen) atoms. The molecule has 1 amide bonds. The summed E-state index contributed by atoms with van der Waals surface area (Å²) in [5, 5.41) is 7.43. The lowest BCUT2D eigenvalue weighted by Gasteiger charge is -2.27. The van der Waals surface area contributed by atoms with Gasteiger partial charge in [0.1, 0.15) is 17.4 Å². The van der Waals surface area contributed by atoms with E-state index in [-0.39, 0.29) is 10.9 Å². The first-order valence-corrected chi connectivity index (χ1v) is 13.5. The second-order valence-corrected chi connectivity index (χ2v) is 11.9. The smallest absolute Gasteiger partial charge is 0.407 e. The highest BCUT2D eigenvalue weighted by molar-refractivity contribution is 7.90. The number of amides is 1. The third-order valence-electron chi connectivity index (χ3n) is 5.87. The Labute approximate surface area is 205 Å². The normalized spacial score (nSPS) is 17.3. The van der Waals surface area contributed by atoms with Crippen LogP contribution in [0.5, 0.6) is 0 Å². The number of alkyl carbamates (subject to hydrolysis) is 1. The Bertz CT molecular complexity index is 1330. The number of nitrogens with two attached hydrogens (primary N) is 1. The predicted molar refractivity (Wildman–Crippen MR) is 135 cm³/mol. The highest BCUT2D eigenvalue weighted by Gasteiger charge is 2.26. The summed E-state index contributed by atoms with van der Waals surface area (Å²) in [5.74, 6) is 0.343. The average Bonchev–Trinajstić information content (AvgIpc) is 3.00. The van der Waals surface area contributed by atoms with Crippen molar-refractivity contribution in [2.24, 2.45) is 0 Å². The first-order valence-electron chi connectivity index (χ1n) is 11.6. The van der Waals surface area contributed by atoms with E-state index in [0.717, 1.165) is 42.8 Å². The van der Waals surface area contributed by atoms with E-state index >= 15 is 0 Å². The lowest BCUT2D eigenvalue weighted by molar-refractivity contribution is 0.0504. The number of hydrogen-bond acceptors (Lipinski definition) is 8. The van der Waals surface area contributed by atoms with Gasteiger partial charge in [-0.25, -0.2) is 22.7 Å². The van der Waals surface area contributed by atoms with Crippen LogP contribution in [0.15, 0.2) is 41.6 Å². The standard InChI is InChI=1S/C24H32N6O4S/c1-24(2,3)34-23(31)28-17-7-5-6-12-29(14-17)20-13-19(30-21(20)22(25)26-15-27-30)16-8-10-18(11-9-16)35(4,32)33/h8-11,13,15,17H,5-7,12,14H2,1-4H3,(H,28,31)(H2,25,26,27)/t17-/m1/s1. The van der Waals surface area contributed by atoms with Gasteiger partial charge in [-0.15, -0.1) is 0 Å². The first-order chi connectivity index (χ1) is 16.4. The molecule has 4 rings (SSSR count). The van der Waals surface area contributed by atoms with Crippen LogP contribution >= 0.6 is 0 Å². The van der Waals surface area contributed by atoms with E-state index in [1.807, 2.05) is 26.8 Å². The van der Waals surface area contributed by atoms with Gasteiger partial charge in [-0.1, -0.05) is 12.1 Å². The van der Waals surface area contributed by atoms with Crippen LogP contribution in [0.4, 0.5) is 16.3 Å². The van der Waals surface area contributed by atoms with Gasteiger partial charge in [-0.2, -0.15) is 5.10 Å². The van der Waals surface area contributed by atoms with E-state index in [9.17, 15) is 13.2 Å². The summed E-state index contributed by atoms with van der Waals surface area (Å²) in [4.78, 5) is 19.0. The van der Waals surface area contributed by atoms with Crippen LogP contribution in [0, 0.1) is 0 Å². The molecule has 11 heteroatoms. The van der Waals surface area contributed by atoms with E-state index in [1.54, 1.807) is 28.8 Å². The molecule has 0 spiro atoms. The van der Waals surface area contributed by atoms with Crippen molar-refractivity contribution in [2.75, 3.05) is 30.0 Å². The van der Waals surface area contributed by atoms with Crippen molar-refractivity contribution < 1.29 is 17.9 Å². The average molecular weight is 501 g/mol. The molecule has 1 atom stereocenters. The molecule has 1 aromatic carbocycles. The predicted octanol–water partition coefficient (Wildman–Crippen LogP) is 3.27. The number of nitrogen functional groups attached to an aromatic ring is 1. The van der Waals surface area contributed by atoms with Crippen molar-refractivity contribution in [3.05, 3.63) is 36.7 Å². The second-order valence-electron chi connectivity index (χ2n) is 9.90. The van der Waals surface area contributed by atoms with Crippen molar-refractivity contribution in [3.63, 3.8) is 0 Å². The van der Waals surface area contributed by atoms with Crippen molar-refractivity contribution in [2.45, 2.75) is 56.6 Å². The van der Waals surface area contributed by atoms with E-state index in [0.29, 0.717) is 17.9 Å². The van der Waals surface area contributed by atoms with Gasteiger partial charge in [0.05, 0.1) is 16.3 Å². The number of nitrogens with zero attached hydrogens (tertiary/aromatic N) is 4. The number of nitrogens with one attached hydrogen (secondary N) is 1. The minimum Gasteiger partial charge on any atom is -0.444 e. The molecule has 0 bridgehead atoms. The van der Waals surface area contributed by atoms with Gasteiger partial charge in [0, 0.05) is 31.0 Å². The zero-order chi connectivity index (χ0) is 25.4. The van der Waals surface area contributed by atoms with Gasteiger partial charge in [0.2, 0.25) is 0 Å². The number of sulfone groups is 1. The molecule has 1 aliphatic heterocycles. The molecule has 3 N–H and O–H groups in total. The Hall–Kier alpha value is -3.34. The Morgan fingerprint density at radius 1 is 1.20 bits per heavy atom. The van der Waals surface area contributed by atoms with Gasteiger partial charge < -0.3 is 20.7 Å². The molecule has 0 saturated carbocycles. The third-order valence-corrected chi connectivity index (χ3v) is 7.00. The summed E-state index contributed by atoms with van der Waals surface area (Å²) >= 11 is 0. The number of anilines is 2. The first kappa shape index (κ1) is 24.8. The van der Waals surface area contributed by atoms with Crippen molar-refractivity contribution >= 4 is 33.0 Å². The number of aromatic nitrogens is 3. The zero-order valence-corrected chi connectivity index (χ0v) is 21.3. The molecule has 3 heterocycles. The van der Waals surface area contributed by atoms with E-state index in [2.05, 4.69) is 20.3 Å². The minimum absolute atomic E-state index is 0.0920. The fourth-order valence-electron chi connectivity index (χ4n) is 4.32. The Kier molecular flexibility index (Phi) is 6.63. The van der Waals surface area contributed by atoms with Gasteiger partial charge in [0.15, 0.2) is 15.7 Å². The zero-order valence-electron chi connectivity index (χ0n) is 20.5. The SMILES string of the molecule is CC(C)(C)OC(=O)N[C@@H]1CCCCN(c2cc(-c3ccc(S(C)(=O)=O)cc3)n3ncnc(N)c23)C1. The second kappa shape index (κ2) is 9.37. The van der Waals surface area contributed by atoms with Gasteiger partial charge in [0.25, 0.3) is 0 Å². The molecular formula is C24H32N6O4S. The Morgan fingerprint density at radius 3 is 2.57 bits per heavy atom. The summed E-state index contributed by atoms with van der Waals surface area (Å²) < 4.78 is 30.9. The number of fused-ring (bicyclic) bond motifs is 1.